The lowest BCUT2D eigenvalue weighted by molar-refractivity contribution is -0.143. The van der Waals surface area contributed by atoms with Crippen molar-refractivity contribution in [1.82, 2.24) is 0 Å². The zero-order valence-corrected chi connectivity index (χ0v) is 14.5. The third kappa shape index (κ3) is 12.9. The molecule has 0 aromatic heterocycles. The Balaban J connectivity index is 2.14. The zero-order valence-electron chi connectivity index (χ0n) is 14.5. The Hall–Kier alpha value is -0.790. The van der Waals surface area contributed by atoms with E-state index < -0.39 is 0 Å². The Morgan fingerprint density at radius 3 is 1.64 bits per heavy atom. The SMILES string of the molecule is O=C1CCCCCCCCC=CCCCCCCCCCO1. The molecule has 0 bridgehead atoms. The lowest BCUT2D eigenvalue weighted by Gasteiger charge is -2.05. The van der Waals surface area contributed by atoms with Gasteiger partial charge in [0.05, 0.1) is 6.61 Å². The third-order valence-electron chi connectivity index (χ3n) is 4.45. The molecule has 1 rings (SSSR count). The van der Waals surface area contributed by atoms with E-state index in [-0.39, 0.29) is 5.97 Å². The van der Waals surface area contributed by atoms with E-state index in [0.29, 0.717) is 13.0 Å². The predicted molar refractivity (Wildman–Crippen MR) is 94.0 cm³/mol. The van der Waals surface area contributed by atoms with Crippen molar-refractivity contribution >= 4 is 5.97 Å². The summed E-state index contributed by atoms with van der Waals surface area (Å²) in [5, 5.41) is 0. The molecule has 1 heterocycles. The highest BCUT2D eigenvalue weighted by molar-refractivity contribution is 5.69. The van der Waals surface area contributed by atoms with Crippen molar-refractivity contribution in [2.75, 3.05) is 6.61 Å². The molecule has 0 saturated carbocycles. The largest absolute Gasteiger partial charge is 0.466 e. The summed E-state index contributed by atoms with van der Waals surface area (Å²) in [5.41, 5.74) is 0. The summed E-state index contributed by atoms with van der Waals surface area (Å²) in [6.45, 7) is 0.629. The summed E-state index contributed by atoms with van der Waals surface area (Å²) in [6, 6.07) is 0. The lowest BCUT2D eigenvalue weighted by Crippen LogP contribution is -2.05. The van der Waals surface area contributed by atoms with Gasteiger partial charge in [0.25, 0.3) is 0 Å². The molecule has 22 heavy (non-hydrogen) atoms. The van der Waals surface area contributed by atoms with Crippen LogP contribution >= 0.6 is 0 Å². The Morgan fingerprint density at radius 2 is 1.05 bits per heavy atom. The van der Waals surface area contributed by atoms with Crippen molar-refractivity contribution in [3.63, 3.8) is 0 Å². The molecule has 2 nitrogen and oxygen atoms in total. The second-order valence-electron chi connectivity index (χ2n) is 6.62. The van der Waals surface area contributed by atoms with Crippen molar-refractivity contribution in [3.05, 3.63) is 12.2 Å². The Kier molecular flexibility index (Phi) is 13.2. The molecule has 0 N–H and O–H groups in total. The number of cyclic esters (lactones) is 1. The van der Waals surface area contributed by atoms with Gasteiger partial charge >= 0.3 is 5.97 Å². The number of esters is 1. The van der Waals surface area contributed by atoms with Crippen LogP contribution < -0.4 is 0 Å². The molecule has 0 spiro atoms. The summed E-state index contributed by atoms with van der Waals surface area (Å²) in [4.78, 5) is 11.6. The van der Waals surface area contributed by atoms with Crippen LogP contribution in [-0.4, -0.2) is 12.6 Å². The van der Waals surface area contributed by atoms with Gasteiger partial charge in [0.1, 0.15) is 0 Å². The van der Waals surface area contributed by atoms with Gasteiger partial charge in [0.2, 0.25) is 0 Å². The molecule has 0 atom stereocenters. The van der Waals surface area contributed by atoms with Crippen LogP contribution in [0, 0.1) is 0 Å². The van der Waals surface area contributed by atoms with Crippen LogP contribution in [0.25, 0.3) is 0 Å². The summed E-state index contributed by atoms with van der Waals surface area (Å²) < 4.78 is 5.29. The Morgan fingerprint density at radius 1 is 0.591 bits per heavy atom. The van der Waals surface area contributed by atoms with Crippen molar-refractivity contribution < 1.29 is 9.53 Å². The van der Waals surface area contributed by atoms with E-state index in [9.17, 15) is 4.79 Å². The quantitative estimate of drug-likeness (QED) is 0.385. The van der Waals surface area contributed by atoms with Gasteiger partial charge in [0.15, 0.2) is 0 Å². The average Bonchev–Trinajstić information content (AvgIpc) is 2.52. The first-order valence-electron chi connectivity index (χ1n) is 9.70. The molecule has 0 aromatic carbocycles. The molecule has 0 radical (unpaired) electrons. The number of allylic oxidation sites excluding steroid dienone is 2. The van der Waals surface area contributed by atoms with Crippen LogP contribution in [0.1, 0.15) is 103 Å². The number of carbonyl (C=O) groups excluding carboxylic acids is 1. The van der Waals surface area contributed by atoms with Crippen molar-refractivity contribution in [1.29, 1.82) is 0 Å². The van der Waals surface area contributed by atoms with Gasteiger partial charge in [-0.25, -0.2) is 0 Å². The highest BCUT2D eigenvalue weighted by Gasteiger charge is 2.02. The summed E-state index contributed by atoms with van der Waals surface area (Å²) >= 11 is 0. The average molecular weight is 309 g/mol. The molecule has 0 fully saturated rings. The molecular weight excluding hydrogens is 272 g/mol. The summed E-state index contributed by atoms with van der Waals surface area (Å²) in [6.07, 6.45) is 24.2. The predicted octanol–water partition coefficient (Wildman–Crippen LogP) is 6.34. The molecule has 1 aliphatic heterocycles. The maximum Gasteiger partial charge on any atom is 0.305 e. The highest BCUT2D eigenvalue weighted by atomic mass is 16.5. The van der Waals surface area contributed by atoms with E-state index in [1.165, 1.54) is 83.5 Å². The first-order valence-corrected chi connectivity index (χ1v) is 9.70. The molecule has 0 aromatic rings. The van der Waals surface area contributed by atoms with Crippen molar-refractivity contribution in [3.8, 4) is 0 Å². The highest BCUT2D eigenvalue weighted by Crippen LogP contribution is 2.12. The smallest absolute Gasteiger partial charge is 0.305 e. The monoisotopic (exact) mass is 308 g/mol. The minimum atomic E-state index is 0.0102. The molecule has 128 valence electrons. The minimum absolute atomic E-state index is 0.0102. The fraction of sp³-hybridized carbons (Fsp3) is 0.850. The molecular formula is C20H36O2. The van der Waals surface area contributed by atoms with Gasteiger partial charge in [-0.15, -0.1) is 0 Å². The summed E-state index contributed by atoms with van der Waals surface area (Å²) in [5.74, 6) is 0.0102. The van der Waals surface area contributed by atoms with E-state index in [1.54, 1.807) is 0 Å². The van der Waals surface area contributed by atoms with Gasteiger partial charge in [0, 0.05) is 6.42 Å². The second kappa shape index (κ2) is 15.1. The first-order chi connectivity index (χ1) is 10.9. The standard InChI is InChI=1S/C20H36O2/c21-20-18-16-14-12-10-8-6-4-2-1-3-5-7-9-11-13-15-17-19-22-20/h1-2H,3-19H2. The molecule has 0 amide bonds. The van der Waals surface area contributed by atoms with E-state index in [1.807, 2.05) is 0 Å². The van der Waals surface area contributed by atoms with Gasteiger partial charge in [-0.3, -0.25) is 4.79 Å². The normalized spacial score (nSPS) is 22.5. The Bertz CT molecular complexity index is 283. The maximum absolute atomic E-state index is 11.6. The van der Waals surface area contributed by atoms with Crippen LogP contribution in [0.15, 0.2) is 12.2 Å². The maximum atomic E-state index is 11.6. The number of hydrogen-bond donors (Lipinski definition) is 0. The third-order valence-corrected chi connectivity index (χ3v) is 4.45. The number of hydrogen-bond acceptors (Lipinski definition) is 2. The van der Waals surface area contributed by atoms with E-state index in [4.69, 9.17) is 4.74 Å². The first kappa shape index (κ1) is 19.3. The van der Waals surface area contributed by atoms with Gasteiger partial charge < -0.3 is 4.74 Å². The molecule has 0 saturated heterocycles. The zero-order chi connectivity index (χ0) is 15.7. The molecule has 1 aliphatic rings. The van der Waals surface area contributed by atoms with E-state index in [2.05, 4.69) is 12.2 Å². The molecule has 2 heteroatoms. The van der Waals surface area contributed by atoms with E-state index >= 15 is 0 Å². The minimum Gasteiger partial charge on any atom is -0.466 e. The van der Waals surface area contributed by atoms with Gasteiger partial charge in [-0.05, 0) is 38.5 Å². The van der Waals surface area contributed by atoms with Crippen LogP contribution in [0.5, 0.6) is 0 Å². The van der Waals surface area contributed by atoms with Crippen LogP contribution in [0.2, 0.25) is 0 Å². The fourth-order valence-electron chi connectivity index (χ4n) is 2.98. The summed E-state index contributed by atoms with van der Waals surface area (Å²) in [7, 11) is 0. The van der Waals surface area contributed by atoms with Gasteiger partial charge in [-0.1, -0.05) is 69.9 Å². The number of rotatable bonds is 0. The number of ether oxygens (including phenoxy) is 1. The van der Waals surface area contributed by atoms with Crippen LogP contribution in [0.4, 0.5) is 0 Å². The fourth-order valence-corrected chi connectivity index (χ4v) is 2.98. The van der Waals surface area contributed by atoms with Crippen LogP contribution in [-0.2, 0) is 9.53 Å². The lowest BCUT2D eigenvalue weighted by atomic mass is 10.1. The topological polar surface area (TPSA) is 26.3 Å². The Labute approximate surface area is 137 Å². The molecule has 0 unspecified atom stereocenters. The number of carbonyl (C=O) groups is 1. The van der Waals surface area contributed by atoms with E-state index in [0.717, 1.165) is 12.8 Å². The van der Waals surface area contributed by atoms with Crippen LogP contribution in [0.3, 0.4) is 0 Å². The van der Waals surface area contributed by atoms with Crippen molar-refractivity contribution in [2.45, 2.75) is 103 Å². The van der Waals surface area contributed by atoms with Crippen molar-refractivity contribution in [2.24, 2.45) is 0 Å². The second-order valence-corrected chi connectivity index (χ2v) is 6.62. The molecule has 0 aliphatic carbocycles. The van der Waals surface area contributed by atoms with Gasteiger partial charge in [-0.2, -0.15) is 0 Å².